The molecule has 16 heavy (non-hydrogen) atoms. The van der Waals surface area contributed by atoms with Crippen molar-refractivity contribution in [1.29, 1.82) is 0 Å². The molecule has 1 aromatic rings. The summed E-state index contributed by atoms with van der Waals surface area (Å²) >= 11 is 5.69. The second-order valence-corrected chi connectivity index (χ2v) is 7.63. The molecule has 2 atom stereocenters. The summed E-state index contributed by atoms with van der Waals surface area (Å²) in [5.74, 6) is 0. The van der Waals surface area contributed by atoms with Crippen molar-refractivity contribution in [2.75, 3.05) is 6.54 Å². The first-order valence-electron chi connectivity index (χ1n) is 5.87. The maximum atomic E-state index is 3.73. The molecule has 1 aromatic carbocycles. The Morgan fingerprint density at radius 1 is 1.44 bits per heavy atom. The second kappa shape index (κ2) is 4.04. The van der Waals surface area contributed by atoms with Gasteiger partial charge in [-0.1, -0.05) is 28.9 Å². The van der Waals surface area contributed by atoms with E-state index < -0.39 is 0 Å². The van der Waals surface area contributed by atoms with Crippen molar-refractivity contribution < 1.29 is 0 Å². The summed E-state index contributed by atoms with van der Waals surface area (Å²) < 4.78 is 1.21. The van der Waals surface area contributed by atoms with E-state index in [1.54, 1.807) is 0 Å². The fraction of sp³-hybridized carbons (Fsp3) is 0.538. The highest BCUT2D eigenvalue weighted by molar-refractivity contribution is 9.10. The lowest BCUT2D eigenvalue weighted by Crippen LogP contribution is -2.42. The van der Waals surface area contributed by atoms with Crippen LogP contribution < -0.4 is 5.32 Å². The minimum atomic E-state index is 0.334. The number of aryl methyl sites for hydroxylation is 1. The molecule has 0 radical (unpaired) electrons. The zero-order valence-corrected chi connectivity index (χ0v) is 11.8. The Hall–Kier alpha value is 0.01000. The fourth-order valence-electron chi connectivity index (χ4n) is 2.78. The Balaban J connectivity index is 1.89. The van der Waals surface area contributed by atoms with Gasteiger partial charge in [0, 0.05) is 22.7 Å². The number of thioether (sulfide) groups is 1. The minimum Gasteiger partial charge on any atom is -0.301 e. The summed E-state index contributed by atoms with van der Waals surface area (Å²) in [4.78, 5) is 0.334. The van der Waals surface area contributed by atoms with Crippen LogP contribution in [-0.4, -0.2) is 16.7 Å². The highest BCUT2D eigenvalue weighted by Gasteiger charge is 2.40. The molecule has 1 N–H and O–H groups in total. The van der Waals surface area contributed by atoms with Crippen molar-refractivity contribution in [3.63, 3.8) is 0 Å². The first-order chi connectivity index (χ1) is 7.67. The first-order valence-corrected chi connectivity index (χ1v) is 7.54. The molecule has 1 spiro atoms. The average molecular weight is 298 g/mol. The zero-order chi connectivity index (χ0) is 11.2. The first kappa shape index (κ1) is 11.1. The predicted molar refractivity (Wildman–Crippen MR) is 74.0 cm³/mol. The summed E-state index contributed by atoms with van der Waals surface area (Å²) in [5, 5.41) is 4.49. The highest BCUT2D eigenvalue weighted by Crippen LogP contribution is 2.42. The van der Waals surface area contributed by atoms with Crippen LogP contribution in [0.15, 0.2) is 22.7 Å². The van der Waals surface area contributed by atoms with E-state index in [1.165, 1.54) is 34.9 Å². The van der Waals surface area contributed by atoms with Gasteiger partial charge >= 0.3 is 0 Å². The lowest BCUT2D eigenvalue weighted by Gasteiger charge is -2.34. The van der Waals surface area contributed by atoms with Crippen molar-refractivity contribution >= 4 is 27.7 Å². The molecule has 2 unspecified atom stereocenters. The van der Waals surface area contributed by atoms with Gasteiger partial charge in [0.25, 0.3) is 0 Å². The van der Waals surface area contributed by atoms with E-state index in [0.717, 1.165) is 11.8 Å². The van der Waals surface area contributed by atoms with Gasteiger partial charge in [0.2, 0.25) is 0 Å². The third-order valence-corrected chi connectivity index (χ3v) is 5.59. The van der Waals surface area contributed by atoms with Gasteiger partial charge in [-0.05, 0) is 36.1 Å². The number of hydrogen-bond donors (Lipinski definition) is 1. The SMILES string of the molecule is CC1CNC2(CCc3cc(Br)ccc3C2)S1. The van der Waals surface area contributed by atoms with Gasteiger partial charge in [0.1, 0.15) is 0 Å². The number of fused-ring (bicyclic) bond motifs is 1. The monoisotopic (exact) mass is 297 g/mol. The van der Waals surface area contributed by atoms with Crippen LogP contribution in [-0.2, 0) is 12.8 Å². The van der Waals surface area contributed by atoms with Crippen LogP contribution in [0, 0.1) is 0 Å². The Morgan fingerprint density at radius 2 is 2.31 bits per heavy atom. The van der Waals surface area contributed by atoms with Gasteiger partial charge in [0.15, 0.2) is 0 Å². The molecule has 1 aliphatic carbocycles. The van der Waals surface area contributed by atoms with E-state index in [4.69, 9.17) is 0 Å². The molecule has 86 valence electrons. The lowest BCUT2D eigenvalue weighted by atomic mass is 9.88. The zero-order valence-electron chi connectivity index (χ0n) is 9.42. The van der Waals surface area contributed by atoms with E-state index in [0.29, 0.717) is 4.87 Å². The van der Waals surface area contributed by atoms with Gasteiger partial charge in [-0.2, -0.15) is 0 Å². The third kappa shape index (κ3) is 1.93. The van der Waals surface area contributed by atoms with Crippen molar-refractivity contribution in [2.24, 2.45) is 0 Å². The molecule has 0 amide bonds. The highest BCUT2D eigenvalue weighted by atomic mass is 79.9. The Bertz CT molecular complexity index is 420. The molecule has 3 heteroatoms. The molecular formula is C13H16BrNS. The number of nitrogens with one attached hydrogen (secondary N) is 1. The van der Waals surface area contributed by atoms with Crippen LogP contribution in [0.5, 0.6) is 0 Å². The summed E-state index contributed by atoms with van der Waals surface area (Å²) in [7, 11) is 0. The molecule has 1 nitrogen and oxygen atoms in total. The van der Waals surface area contributed by atoms with Gasteiger partial charge < -0.3 is 5.32 Å². The number of benzene rings is 1. The summed E-state index contributed by atoms with van der Waals surface area (Å²) in [5.41, 5.74) is 3.06. The Labute approximate surface area is 110 Å². The lowest BCUT2D eigenvalue weighted by molar-refractivity contribution is 0.441. The van der Waals surface area contributed by atoms with E-state index >= 15 is 0 Å². The van der Waals surface area contributed by atoms with Crippen LogP contribution in [0.3, 0.4) is 0 Å². The molecule has 2 aliphatic rings. The summed E-state index contributed by atoms with van der Waals surface area (Å²) in [6.07, 6.45) is 3.66. The van der Waals surface area contributed by atoms with Crippen LogP contribution in [0.1, 0.15) is 24.5 Å². The topological polar surface area (TPSA) is 12.0 Å². The molecule has 3 rings (SSSR count). The van der Waals surface area contributed by atoms with Gasteiger partial charge in [0.05, 0.1) is 4.87 Å². The summed E-state index contributed by atoms with van der Waals surface area (Å²) in [6, 6.07) is 6.73. The standard InChI is InChI=1S/C13H16BrNS/c1-9-8-15-13(16-9)5-4-10-6-12(14)3-2-11(10)7-13/h2-3,6,9,15H,4-5,7-8H2,1H3. The molecule has 1 saturated heterocycles. The predicted octanol–water partition coefficient (Wildman–Crippen LogP) is 3.36. The van der Waals surface area contributed by atoms with Crippen molar-refractivity contribution in [1.82, 2.24) is 5.32 Å². The summed E-state index contributed by atoms with van der Waals surface area (Å²) in [6.45, 7) is 3.49. The molecular weight excluding hydrogens is 282 g/mol. The Morgan fingerprint density at radius 3 is 3.06 bits per heavy atom. The third-order valence-electron chi connectivity index (χ3n) is 3.58. The van der Waals surface area contributed by atoms with Gasteiger partial charge in [-0.15, -0.1) is 11.8 Å². The fourth-order valence-corrected chi connectivity index (χ4v) is 4.75. The maximum absolute atomic E-state index is 3.73. The van der Waals surface area contributed by atoms with E-state index in [2.05, 4.69) is 58.1 Å². The van der Waals surface area contributed by atoms with Crippen molar-refractivity contribution in [3.8, 4) is 0 Å². The van der Waals surface area contributed by atoms with Crippen molar-refractivity contribution in [2.45, 2.75) is 36.3 Å². The number of hydrogen-bond acceptors (Lipinski definition) is 2. The van der Waals surface area contributed by atoms with Crippen LogP contribution in [0.4, 0.5) is 0 Å². The van der Waals surface area contributed by atoms with Crippen molar-refractivity contribution in [3.05, 3.63) is 33.8 Å². The number of halogens is 1. The quantitative estimate of drug-likeness (QED) is 0.788. The minimum absolute atomic E-state index is 0.334. The molecule has 0 aromatic heterocycles. The molecule has 1 fully saturated rings. The molecule has 0 saturated carbocycles. The van der Waals surface area contributed by atoms with Gasteiger partial charge in [-0.3, -0.25) is 0 Å². The maximum Gasteiger partial charge on any atom is 0.0692 e. The van der Waals surface area contributed by atoms with E-state index in [-0.39, 0.29) is 0 Å². The smallest absolute Gasteiger partial charge is 0.0692 e. The largest absolute Gasteiger partial charge is 0.301 e. The van der Waals surface area contributed by atoms with E-state index in [1.807, 2.05) is 0 Å². The van der Waals surface area contributed by atoms with Crippen LogP contribution in [0.2, 0.25) is 0 Å². The number of rotatable bonds is 0. The molecule has 1 aliphatic heterocycles. The van der Waals surface area contributed by atoms with E-state index in [9.17, 15) is 0 Å². The average Bonchev–Trinajstić information content (AvgIpc) is 2.61. The normalized spacial score (nSPS) is 33.0. The molecule has 1 heterocycles. The van der Waals surface area contributed by atoms with Crippen LogP contribution in [0.25, 0.3) is 0 Å². The molecule has 0 bridgehead atoms. The Kier molecular flexibility index (Phi) is 2.81. The second-order valence-electron chi connectivity index (χ2n) is 4.89. The van der Waals surface area contributed by atoms with Gasteiger partial charge in [-0.25, -0.2) is 0 Å². The van der Waals surface area contributed by atoms with Crippen LogP contribution >= 0.6 is 27.7 Å².